The van der Waals surface area contributed by atoms with Gasteiger partial charge in [-0.3, -0.25) is 4.55 Å². The Morgan fingerprint density at radius 1 is 1.50 bits per heavy atom. The molecule has 16 heavy (non-hydrogen) atoms. The fourth-order valence-electron chi connectivity index (χ4n) is 1.02. The number of hydrogen-bond acceptors (Lipinski definition) is 4. The molecular formula is C9H9N3O3S. The predicted octanol–water partition coefficient (Wildman–Crippen LogP) is 0.710. The smallest absolute Gasteiger partial charge is 0.261 e. The van der Waals surface area contributed by atoms with Crippen LogP contribution in [0.3, 0.4) is 0 Å². The summed E-state index contributed by atoms with van der Waals surface area (Å²) in [6.45, 7) is 0. The average Bonchev–Trinajstić information content (AvgIpc) is 2.58. The Hall–Kier alpha value is -1.91. The van der Waals surface area contributed by atoms with E-state index in [2.05, 4.69) is 11.2 Å². The van der Waals surface area contributed by atoms with Crippen LogP contribution in [0.1, 0.15) is 5.56 Å². The third-order valence-corrected chi connectivity index (χ3v) is 1.55. The van der Waals surface area contributed by atoms with Gasteiger partial charge in [0.15, 0.2) is 0 Å². The van der Waals surface area contributed by atoms with Crippen molar-refractivity contribution in [3.63, 3.8) is 0 Å². The zero-order valence-electron chi connectivity index (χ0n) is 8.40. The molecule has 84 valence electrons. The van der Waals surface area contributed by atoms with Gasteiger partial charge in [-0.25, -0.2) is 4.52 Å². The molecule has 2 aromatic heterocycles. The van der Waals surface area contributed by atoms with E-state index in [4.69, 9.17) is 9.81 Å². The maximum Gasteiger partial charge on any atom is 0.261 e. The van der Waals surface area contributed by atoms with Crippen LogP contribution in [0.15, 0.2) is 30.6 Å². The van der Waals surface area contributed by atoms with Crippen molar-refractivity contribution >= 4 is 15.6 Å². The van der Waals surface area contributed by atoms with Gasteiger partial charge < -0.3 is 0 Å². The third kappa shape index (κ3) is 3.68. The van der Waals surface area contributed by atoms with Gasteiger partial charge in [0.1, 0.15) is 6.07 Å². The number of rotatable bonds is 0. The molecule has 0 radical (unpaired) electrons. The van der Waals surface area contributed by atoms with E-state index in [9.17, 15) is 8.42 Å². The van der Waals surface area contributed by atoms with Gasteiger partial charge in [0.05, 0.1) is 23.5 Å². The molecule has 0 fully saturated rings. The van der Waals surface area contributed by atoms with E-state index in [-0.39, 0.29) is 0 Å². The molecule has 7 heteroatoms. The molecule has 0 aliphatic carbocycles. The molecule has 0 saturated heterocycles. The van der Waals surface area contributed by atoms with E-state index in [1.54, 1.807) is 10.7 Å². The topological polar surface area (TPSA) is 95.5 Å². The zero-order chi connectivity index (χ0) is 12.2. The lowest BCUT2D eigenvalue weighted by molar-refractivity contribution is 0.490. The maximum absolute atomic E-state index is 9.19. The van der Waals surface area contributed by atoms with Crippen molar-refractivity contribution in [3.05, 3.63) is 36.2 Å². The Kier molecular flexibility index (Phi) is 3.60. The maximum atomic E-state index is 9.19. The number of nitriles is 1. The Labute approximate surface area is 92.5 Å². The molecule has 0 aromatic carbocycles. The highest BCUT2D eigenvalue weighted by molar-refractivity contribution is 7.85. The second-order valence-electron chi connectivity index (χ2n) is 2.93. The second kappa shape index (κ2) is 4.74. The molecule has 0 spiro atoms. The molecule has 0 aliphatic rings. The van der Waals surface area contributed by atoms with Crippen LogP contribution in [0, 0.1) is 11.3 Å². The Balaban J connectivity index is 0.000000221. The molecule has 0 aliphatic heterocycles. The summed E-state index contributed by atoms with van der Waals surface area (Å²) in [6.07, 6.45) is 4.10. The monoisotopic (exact) mass is 239 g/mol. The lowest BCUT2D eigenvalue weighted by atomic mass is 10.3. The van der Waals surface area contributed by atoms with Crippen molar-refractivity contribution < 1.29 is 13.0 Å². The number of pyridine rings is 1. The van der Waals surface area contributed by atoms with Crippen LogP contribution in [0.4, 0.5) is 0 Å². The Morgan fingerprint density at radius 3 is 2.69 bits per heavy atom. The van der Waals surface area contributed by atoms with Gasteiger partial charge in [0, 0.05) is 6.20 Å². The molecule has 2 heterocycles. The normalized spacial score (nSPS) is 10.3. The molecule has 2 aromatic rings. The fourth-order valence-corrected chi connectivity index (χ4v) is 1.02. The predicted molar refractivity (Wildman–Crippen MR) is 57.4 cm³/mol. The molecule has 2 rings (SSSR count). The minimum Gasteiger partial charge on any atom is -0.286 e. The van der Waals surface area contributed by atoms with Crippen molar-refractivity contribution in [2.45, 2.75) is 0 Å². The highest BCUT2D eigenvalue weighted by Crippen LogP contribution is 2.06. The van der Waals surface area contributed by atoms with Crippen LogP contribution in [0.2, 0.25) is 0 Å². The van der Waals surface area contributed by atoms with Crippen molar-refractivity contribution in [3.8, 4) is 6.07 Å². The van der Waals surface area contributed by atoms with Gasteiger partial charge in [0.2, 0.25) is 0 Å². The van der Waals surface area contributed by atoms with E-state index >= 15 is 0 Å². The summed E-state index contributed by atoms with van der Waals surface area (Å²) in [5.41, 5.74) is 1.47. The Bertz CT molecular complexity index is 617. The van der Waals surface area contributed by atoms with E-state index < -0.39 is 10.1 Å². The molecule has 0 atom stereocenters. The van der Waals surface area contributed by atoms with Gasteiger partial charge in [-0.1, -0.05) is 6.07 Å². The molecule has 0 saturated carbocycles. The van der Waals surface area contributed by atoms with Gasteiger partial charge >= 0.3 is 0 Å². The molecule has 0 amide bonds. The summed E-state index contributed by atoms with van der Waals surface area (Å²) in [5, 5.41) is 12.6. The highest BCUT2D eigenvalue weighted by atomic mass is 32.2. The fraction of sp³-hybridized carbons (Fsp3) is 0.111. The van der Waals surface area contributed by atoms with Gasteiger partial charge in [0.25, 0.3) is 10.1 Å². The van der Waals surface area contributed by atoms with E-state index in [0.29, 0.717) is 11.8 Å². The Morgan fingerprint density at radius 2 is 2.12 bits per heavy atom. The van der Waals surface area contributed by atoms with Crippen molar-refractivity contribution in [1.29, 1.82) is 5.26 Å². The van der Waals surface area contributed by atoms with E-state index in [1.807, 2.05) is 24.4 Å². The first-order chi connectivity index (χ1) is 7.42. The zero-order valence-corrected chi connectivity index (χ0v) is 9.22. The van der Waals surface area contributed by atoms with Crippen molar-refractivity contribution in [2.75, 3.05) is 6.26 Å². The van der Waals surface area contributed by atoms with Crippen molar-refractivity contribution in [1.82, 2.24) is 9.61 Å². The van der Waals surface area contributed by atoms with E-state index in [0.717, 1.165) is 5.52 Å². The molecule has 6 nitrogen and oxygen atoms in total. The molecule has 0 unspecified atom stereocenters. The standard InChI is InChI=1S/C8H5N3.CH4O3S/c9-5-7-6-10-11-4-2-1-3-8(7)11;1-5(2,3)4/h1-4,6H;1H3,(H,2,3,4). The average molecular weight is 239 g/mol. The first-order valence-electron chi connectivity index (χ1n) is 4.17. The summed E-state index contributed by atoms with van der Waals surface area (Å²) < 4.78 is 27.5. The van der Waals surface area contributed by atoms with Crippen LogP contribution >= 0.6 is 0 Å². The van der Waals surface area contributed by atoms with E-state index in [1.165, 1.54) is 0 Å². The first-order valence-corrected chi connectivity index (χ1v) is 6.01. The number of fused-ring (bicyclic) bond motifs is 1. The van der Waals surface area contributed by atoms with Gasteiger partial charge in [-0.2, -0.15) is 18.8 Å². The summed E-state index contributed by atoms with van der Waals surface area (Å²) in [7, 11) is -3.67. The van der Waals surface area contributed by atoms with Crippen molar-refractivity contribution in [2.24, 2.45) is 0 Å². The van der Waals surface area contributed by atoms with Crippen LogP contribution in [0.25, 0.3) is 5.52 Å². The molecule has 1 N–H and O–H groups in total. The third-order valence-electron chi connectivity index (χ3n) is 1.55. The lowest BCUT2D eigenvalue weighted by Crippen LogP contribution is -1.88. The second-order valence-corrected chi connectivity index (χ2v) is 4.40. The summed E-state index contributed by atoms with van der Waals surface area (Å²) in [6, 6.07) is 7.70. The number of nitrogens with zero attached hydrogens (tertiary/aromatic N) is 3. The lowest BCUT2D eigenvalue weighted by Gasteiger charge is -1.88. The number of hydrogen-bond donors (Lipinski definition) is 1. The highest BCUT2D eigenvalue weighted by Gasteiger charge is 1.98. The van der Waals surface area contributed by atoms with Crippen LogP contribution in [-0.2, 0) is 10.1 Å². The number of aromatic nitrogens is 2. The van der Waals surface area contributed by atoms with Crippen LogP contribution in [0.5, 0.6) is 0 Å². The van der Waals surface area contributed by atoms with Gasteiger partial charge in [-0.05, 0) is 12.1 Å². The minimum atomic E-state index is -3.67. The SMILES string of the molecule is CS(=O)(=O)O.N#Cc1cnn2ccccc12. The van der Waals surface area contributed by atoms with Crippen LogP contribution in [-0.4, -0.2) is 28.8 Å². The molecule has 0 bridgehead atoms. The first kappa shape index (κ1) is 12.2. The summed E-state index contributed by atoms with van der Waals surface area (Å²) in [4.78, 5) is 0. The van der Waals surface area contributed by atoms with Crippen LogP contribution < -0.4 is 0 Å². The minimum absolute atomic E-state index is 0.616. The molecular weight excluding hydrogens is 230 g/mol. The summed E-state index contributed by atoms with van der Waals surface area (Å²) >= 11 is 0. The van der Waals surface area contributed by atoms with Gasteiger partial charge in [-0.15, -0.1) is 0 Å². The quantitative estimate of drug-likeness (QED) is 0.683. The largest absolute Gasteiger partial charge is 0.286 e. The summed E-state index contributed by atoms with van der Waals surface area (Å²) in [5.74, 6) is 0.